The molecule has 1 unspecified atom stereocenters. The number of nitrogens with zero attached hydrogens (tertiary/aromatic N) is 1. The lowest BCUT2D eigenvalue weighted by Gasteiger charge is -2.33. The van der Waals surface area contributed by atoms with Crippen LogP contribution >= 0.6 is 0 Å². The quantitative estimate of drug-likeness (QED) is 0.723. The Bertz CT molecular complexity index is 294. The Balaban J connectivity index is 3.17. The number of hydrogen-bond donors (Lipinski definition) is 0. The second-order valence-electron chi connectivity index (χ2n) is 3.58. The highest BCUT2D eigenvalue weighted by Crippen LogP contribution is 2.27. The van der Waals surface area contributed by atoms with Crippen molar-refractivity contribution in [2.75, 3.05) is 14.1 Å². The second-order valence-corrected chi connectivity index (χ2v) is 3.58. The summed E-state index contributed by atoms with van der Waals surface area (Å²) in [6.45, 7) is 2.00. The van der Waals surface area contributed by atoms with Crippen LogP contribution < -0.4 is 0 Å². The molecule has 0 aliphatic carbocycles. The highest BCUT2D eigenvalue weighted by atomic mass is 16.1. The maximum atomic E-state index is 11.1. The minimum atomic E-state index is -0.596. The Labute approximate surface area is 85.5 Å². The molecule has 1 rings (SSSR count). The predicted octanol–water partition coefficient (Wildman–Crippen LogP) is 1.96. The van der Waals surface area contributed by atoms with E-state index in [4.69, 9.17) is 0 Å². The minimum Gasteiger partial charge on any atom is -0.293 e. The average molecular weight is 190 g/mol. The molecule has 14 heavy (non-hydrogen) atoms. The second kappa shape index (κ2) is 4.38. The summed E-state index contributed by atoms with van der Waals surface area (Å²) in [6.07, 6.45) is 2.89. The van der Waals surface area contributed by atoms with Crippen molar-refractivity contribution in [2.45, 2.75) is 18.9 Å². The van der Waals surface area contributed by atoms with E-state index >= 15 is 0 Å². The molecular weight excluding hydrogens is 174 g/mol. The lowest BCUT2D eigenvalue weighted by Crippen LogP contribution is -2.42. The van der Waals surface area contributed by atoms with Crippen LogP contribution in [0.15, 0.2) is 30.3 Å². The zero-order valence-corrected chi connectivity index (χ0v) is 8.95. The van der Waals surface area contributed by atoms with E-state index < -0.39 is 5.54 Å². The van der Waals surface area contributed by atoms with Crippen LogP contribution in [0.2, 0.25) is 0 Å². The van der Waals surface area contributed by atoms with Gasteiger partial charge in [0.15, 0.2) is 0 Å². The normalized spacial score (nSPS) is 15.1. The van der Waals surface area contributed by atoms with Crippen molar-refractivity contribution in [1.29, 1.82) is 0 Å². The largest absolute Gasteiger partial charge is 0.293 e. The van der Waals surface area contributed by atoms with Crippen LogP contribution in [0.5, 0.6) is 0 Å². The molecule has 1 aromatic rings. The molecule has 1 aromatic carbocycles. The Morgan fingerprint density at radius 3 is 2.21 bits per heavy atom. The Hall–Kier alpha value is -1.15. The molecule has 0 amide bonds. The van der Waals surface area contributed by atoms with Gasteiger partial charge in [-0.2, -0.15) is 0 Å². The Kier molecular flexibility index (Phi) is 3.42. The molecule has 2 nitrogen and oxygen atoms in total. The molecule has 2 heteroatoms. The molecule has 0 N–H and O–H groups in total. The lowest BCUT2D eigenvalue weighted by molar-refractivity contribution is 0.217. The summed E-state index contributed by atoms with van der Waals surface area (Å²) < 4.78 is 0. The van der Waals surface area contributed by atoms with E-state index in [0.717, 1.165) is 12.0 Å². The molecule has 0 bridgehead atoms. The SMILES string of the molecule is CCC([C]=O)(c1ccccc1)N(C)C. The van der Waals surface area contributed by atoms with Crippen molar-refractivity contribution < 1.29 is 4.79 Å². The summed E-state index contributed by atoms with van der Waals surface area (Å²) in [5.74, 6) is 0. The summed E-state index contributed by atoms with van der Waals surface area (Å²) in [5.41, 5.74) is 0.406. The molecule has 0 saturated carbocycles. The summed E-state index contributed by atoms with van der Waals surface area (Å²) in [4.78, 5) is 13.0. The lowest BCUT2D eigenvalue weighted by atomic mass is 9.87. The first-order chi connectivity index (χ1) is 6.67. The average Bonchev–Trinajstić information content (AvgIpc) is 2.22. The van der Waals surface area contributed by atoms with E-state index in [1.165, 1.54) is 0 Å². The summed E-state index contributed by atoms with van der Waals surface area (Å²) in [7, 11) is 3.81. The predicted molar refractivity (Wildman–Crippen MR) is 57.8 cm³/mol. The molecule has 1 atom stereocenters. The highest BCUT2D eigenvalue weighted by Gasteiger charge is 2.33. The van der Waals surface area contributed by atoms with E-state index in [-0.39, 0.29) is 0 Å². The van der Waals surface area contributed by atoms with Crippen molar-refractivity contribution in [3.63, 3.8) is 0 Å². The fraction of sp³-hybridized carbons (Fsp3) is 0.417. The summed E-state index contributed by atoms with van der Waals surface area (Å²) >= 11 is 0. The zero-order chi connectivity index (χ0) is 10.6. The van der Waals surface area contributed by atoms with E-state index in [9.17, 15) is 4.79 Å². The van der Waals surface area contributed by atoms with Crippen LogP contribution in [0.4, 0.5) is 0 Å². The van der Waals surface area contributed by atoms with Crippen LogP contribution in [0.3, 0.4) is 0 Å². The molecule has 0 saturated heterocycles. The van der Waals surface area contributed by atoms with Crippen molar-refractivity contribution >= 4 is 6.29 Å². The van der Waals surface area contributed by atoms with Crippen LogP contribution in [-0.4, -0.2) is 25.3 Å². The van der Waals surface area contributed by atoms with Gasteiger partial charge in [0.25, 0.3) is 0 Å². The van der Waals surface area contributed by atoms with Gasteiger partial charge in [0.2, 0.25) is 6.29 Å². The minimum absolute atomic E-state index is 0.596. The number of likely N-dealkylation sites (N-methyl/N-ethyl adjacent to an activating group) is 1. The number of hydrogen-bond acceptors (Lipinski definition) is 2. The van der Waals surface area contributed by atoms with Gasteiger partial charge in [-0.25, -0.2) is 0 Å². The molecular formula is C12H16NO. The van der Waals surface area contributed by atoms with Gasteiger partial charge in [0.05, 0.1) is 0 Å². The Morgan fingerprint density at radius 2 is 1.86 bits per heavy atom. The van der Waals surface area contributed by atoms with Crippen LogP contribution in [0.25, 0.3) is 0 Å². The summed E-state index contributed by atoms with van der Waals surface area (Å²) in [6, 6.07) is 9.77. The van der Waals surface area contributed by atoms with Gasteiger partial charge in [-0.3, -0.25) is 9.69 Å². The fourth-order valence-corrected chi connectivity index (χ4v) is 1.71. The molecule has 1 radical (unpaired) electrons. The first-order valence-corrected chi connectivity index (χ1v) is 4.79. The van der Waals surface area contributed by atoms with Gasteiger partial charge < -0.3 is 0 Å². The van der Waals surface area contributed by atoms with Gasteiger partial charge in [0.1, 0.15) is 5.54 Å². The molecule has 75 valence electrons. The van der Waals surface area contributed by atoms with E-state index in [2.05, 4.69) is 6.29 Å². The van der Waals surface area contributed by atoms with Gasteiger partial charge in [0, 0.05) is 0 Å². The Morgan fingerprint density at radius 1 is 1.29 bits per heavy atom. The first kappa shape index (κ1) is 10.9. The number of benzene rings is 1. The molecule has 0 aliphatic rings. The van der Waals surface area contributed by atoms with Crippen LogP contribution in [0.1, 0.15) is 18.9 Å². The van der Waals surface area contributed by atoms with Gasteiger partial charge in [-0.1, -0.05) is 37.3 Å². The van der Waals surface area contributed by atoms with Gasteiger partial charge >= 0.3 is 0 Å². The number of carbonyl (C=O) groups excluding carboxylic acids is 1. The van der Waals surface area contributed by atoms with Crippen LogP contribution in [-0.2, 0) is 10.3 Å². The molecule has 0 spiro atoms. The first-order valence-electron chi connectivity index (χ1n) is 4.79. The smallest absolute Gasteiger partial charge is 0.225 e. The standard InChI is InChI=1S/C12H16NO/c1-4-12(10-14,13(2)3)11-8-6-5-7-9-11/h5-9H,4H2,1-3H3. The van der Waals surface area contributed by atoms with E-state index in [1.807, 2.05) is 56.3 Å². The molecule has 0 aliphatic heterocycles. The molecule has 0 fully saturated rings. The third-order valence-corrected chi connectivity index (χ3v) is 2.70. The maximum Gasteiger partial charge on any atom is 0.225 e. The van der Waals surface area contributed by atoms with Crippen molar-refractivity contribution in [3.05, 3.63) is 35.9 Å². The zero-order valence-electron chi connectivity index (χ0n) is 8.95. The monoisotopic (exact) mass is 190 g/mol. The summed E-state index contributed by atoms with van der Waals surface area (Å²) in [5, 5.41) is 0. The molecule has 0 aromatic heterocycles. The van der Waals surface area contributed by atoms with Crippen molar-refractivity contribution in [2.24, 2.45) is 0 Å². The van der Waals surface area contributed by atoms with E-state index in [0.29, 0.717) is 0 Å². The van der Waals surface area contributed by atoms with Crippen LogP contribution in [0, 0.1) is 0 Å². The highest BCUT2D eigenvalue weighted by molar-refractivity contribution is 5.68. The van der Waals surface area contributed by atoms with Gasteiger partial charge in [-0.15, -0.1) is 0 Å². The van der Waals surface area contributed by atoms with Crippen molar-refractivity contribution in [1.82, 2.24) is 4.90 Å². The maximum absolute atomic E-state index is 11.1. The van der Waals surface area contributed by atoms with Gasteiger partial charge in [-0.05, 0) is 26.1 Å². The van der Waals surface area contributed by atoms with Crippen molar-refractivity contribution in [3.8, 4) is 0 Å². The molecule has 0 heterocycles. The van der Waals surface area contributed by atoms with E-state index in [1.54, 1.807) is 0 Å². The number of rotatable bonds is 4. The fourth-order valence-electron chi connectivity index (χ4n) is 1.71. The third-order valence-electron chi connectivity index (χ3n) is 2.70. The third kappa shape index (κ3) is 1.70. The topological polar surface area (TPSA) is 20.3 Å².